The van der Waals surface area contributed by atoms with Gasteiger partial charge >= 0.3 is 0 Å². The molecule has 0 unspecified atom stereocenters. The Kier molecular flexibility index (Phi) is 2.51. The predicted molar refractivity (Wildman–Crippen MR) is 56.8 cm³/mol. The summed E-state index contributed by atoms with van der Waals surface area (Å²) in [4.78, 5) is 7.93. The molecule has 0 aliphatic rings. The Morgan fingerprint density at radius 3 is 2.73 bits per heavy atom. The van der Waals surface area contributed by atoms with Crippen LogP contribution in [0, 0.1) is 5.82 Å². The molecule has 0 aliphatic carbocycles. The lowest BCUT2D eigenvalue weighted by Gasteiger charge is -2.03. The van der Waals surface area contributed by atoms with Crippen LogP contribution in [-0.4, -0.2) is 9.97 Å². The molecular formula is C10H7ClFN3. The highest BCUT2D eigenvalue weighted by atomic mass is 35.5. The van der Waals surface area contributed by atoms with Crippen LogP contribution in [0.1, 0.15) is 0 Å². The summed E-state index contributed by atoms with van der Waals surface area (Å²) < 4.78 is 12.8. The van der Waals surface area contributed by atoms with E-state index in [2.05, 4.69) is 9.97 Å². The minimum atomic E-state index is -0.388. The average molecular weight is 224 g/mol. The molecule has 2 aromatic rings. The van der Waals surface area contributed by atoms with E-state index >= 15 is 0 Å². The van der Waals surface area contributed by atoms with Crippen molar-refractivity contribution in [1.29, 1.82) is 0 Å². The zero-order valence-corrected chi connectivity index (χ0v) is 8.37. The summed E-state index contributed by atoms with van der Waals surface area (Å²) in [5.41, 5.74) is 6.62. The standard InChI is InChI=1S/C10H7ClFN3/c11-8-3-6(12)1-2-7(8)9-4-14-5-10(13)15-9/h1-5H,(H2,13,15). The van der Waals surface area contributed by atoms with Crippen LogP contribution in [0.3, 0.4) is 0 Å². The van der Waals surface area contributed by atoms with Crippen LogP contribution in [0.15, 0.2) is 30.6 Å². The Hall–Kier alpha value is -1.68. The Balaban J connectivity index is 2.54. The molecule has 76 valence electrons. The van der Waals surface area contributed by atoms with Gasteiger partial charge in [0.25, 0.3) is 0 Å². The molecule has 0 bridgehead atoms. The van der Waals surface area contributed by atoms with Gasteiger partial charge in [0.2, 0.25) is 0 Å². The first-order valence-electron chi connectivity index (χ1n) is 4.20. The normalized spacial score (nSPS) is 10.3. The highest BCUT2D eigenvalue weighted by Crippen LogP contribution is 2.26. The minimum absolute atomic E-state index is 0.287. The van der Waals surface area contributed by atoms with Crippen molar-refractivity contribution >= 4 is 17.4 Å². The van der Waals surface area contributed by atoms with Gasteiger partial charge < -0.3 is 5.73 Å². The van der Waals surface area contributed by atoms with Gasteiger partial charge in [0, 0.05) is 5.56 Å². The van der Waals surface area contributed by atoms with Gasteiger partial charge in [-0.2, -0.15) is 0 Å². The van der Waals surface area contributed by atoms with Gasteiger partial charge in [-0.15, -0.1) is 0 Å². The second-order valence-electron chi connectivity index (χ2n) is 2.95. The number of benzene rings is 1. The SMILES string of the molecule is Nc1cncc(-c2ccc(F)cc2Cl)n1. The predicted octanol–water partition coefficient (Wildman–Crippen LogP) is 2.52. The summed E-state index contributed by atoms with van der Waals surface area (Å²) in [6, 6.07) is 4.08. The molecule has 0 spiro atoms. The lowest BCUT2D eigenvalue weighted by molar-refractivity contribution is 0.628. The van der Waals surface area contributed by atoms with Crippen LogP contribution in [0.2, 0.25) is 5.02 Å². The monoisotopic (exact) mass is 223 g/mol. The molecule has 1 aromatic heterocycles. The number of rotatable bonds is 1. The smallest absolute Gasteiger partial charge is 0.142 e. The van der Waals surface area contributed by atoms with E-state index in [9.17, 15) is 4.39 Å². The molecule has 0 radical (unpaired) electrons. The average Bonchev–Trinajstić information content (AvgIpc) is 2.17. The van der Waals surface area contributed by atoms with Crippen LogP contribution in [0.25, 0.3) is 11.3 Å². The molecule has 5 heteroatoms. The van der Waals surface area contributed by atoms with Crippen molar-refractivity contribution in [3.8, 4) is 11.3 Å². The van der Waals surface area contributed by atoms with Gasteiger partial charge in [0.05, 0.1) is 23.1 Å². The lowest BCUT2D eigenvalue weighted by atomic mass is 10.1. The van der Waals surface area contributed by atoms with Crippen LogP contribution in [-0.2, 0) is 0 Å². The zero-order chi connectivity index (χ0) is 10.8. The van der Waals surface area contributed by atoms with E-state index in [0.29, 0.717) is 17.1 Å². The van der Waals surface area contributed by atoms with Crippen molar-refractivity contribution in [3.63, 3.8) is 0 Å². The van der Waals surface area contributed by atoms with Gasteiger partial charge in [-0.05, 0) is 18.2 Å². The van der Waals surface area contributed by atoms with E-state index in [1.807, 2.05) is 0 Å². The summed E-state index contributed by atoms with van der Waals surface area (Å²) in [5.74, 6) is -0.0893. The van der Waals surface area contributed by atoms with Crippen molar-refractivity contribution in [2.24, 2.45) is 0 Å². The first kappa shape index (κ1) is 9.86. The number of hydrogen-bond donors (Lipinski definition) is 1. The molecule has 0 atom stereocenters. The zero-order valence-electron chi connectivity index (χ0n) is 7.61. The fourth-order valence-corrected chi connectivity index (χ4v) is 1.47. The summed E-state index contributed by atoms with van der Waals surface area (Å²) in [7, 11) is 0. The quantitative estimate of drug-likeness (QED) is 0.808. The summed E-state index contributed by atoms with van der Waals surface area (Å²) in [5, 5.41) is 0.287. The summed E-state index contributed by atoms with van der Waals surface area (Å²) >= 11 is 5.87. The van der Waals surface area contributed by atoms with Crippen molar-refractivity contribution in [1.82, 2.24) is 9.97 Å². The second-order valence-corrected chi connectivity index (χ2v) is 3.36. The van der Waals surface area contributed by atoms with Gasteiger partial charge in [0.1, 0.15) is 11.6 Å². The van der Waals surface area contributed by atoms with Gasteiger partial charge in [-0.1, -0.05) is 11.6 Å². The molecule has 3 nitrogen and oxygen atoms in total. The van der Waals surface area contributed by atoms with Gasteiger partial charge in [-0.3, -0.25) is 4.98 Å². The Bertz CT molecular complexity index is 502. The largest absolute Gasteiger partial charge is 0.382 e. The van der Waals surface area contributed by atoms with Crippen LogP contribution in [0.5, 0.6) is 0 Å². The fourth-order valence-electron chi connectivity index (χ4n) is 1.21. The van der Waals surface area contributed by atoms with Crippen LogP contribution < -0.4 is 5.73 Å². The van der Waals surface area contributed by atoms with Crippen molar-refractivity contribution in [3.05, 3.63) is 41.4 Å². The fraction of sp³-hybridized carbons (Fsp3) is 0. The van der Waals surface area contributed by atoms with Crippen molar-refractivity contribution < 1.29 is 4.39 Å². The minimum Gasteiger partial charge on any atom is -0.382 e. The maximum Gasteiger partial charge on any atom is 0.142 e. The van der Waals surface area contributed by atoms with Gasteiger partial charge in [-0.25, -0.2) is 9.37 Å². The van der Waals surface area contributed by atoms with Gasteiger partial charge in [0.15, 0.2) is 0 Å². The molecule has 15 heavy (non-hydrogen) atoms. The van der Waals surface area contributed by atoms with Crippen molar-refractivity contribution in [2.45, 2.75) is 0 Å². The number of aromatic nitrogens is 2. The number of nitrogen functional groups attached to an aromatic ring is 1. The number of nitrogens with zero attached hydrogens (tertiary/aromatic N) is 2. The van der Waals surface area contributed by atoms with E-state index in [-0.39, 0.29) is 10.8 Å². The molecule has 2 rings (SSSR count). The number of nitrogens with two attached hydrogens (primary N) is 1. The molecule has 2 N–H and O–H groups in total. The number of hydrogen-bond acceptors (Lipinski definition) is 3. The Labute approximate surface area is 90.7 Å². The highest BCUT2D eigenvalue weighted by Gasteiger charge is 2.06. The van der Waals surface area contributed by atoms with E-state index in [1.165, 1.54) is 24.5 Å². The molecule has 0 fully saturated rings. The summed E-state index contributed by atoms with van der Waals surface area (Å²) in [6.45, 7) is 0. The van der Waals surface area contributed by atoms with E-state index < -0.39 is 0 Å². The van der Waals surface area contributed by atoms with Crippen molar-refractivity contribution in [2.75, 3.05) is 5.73 Å². The Morgan fingerprint density at radius 1 is 1.27 bits per heavy atom. The number of halogens is 2. The van der Waals surface area contributed by atoms with E-state index in [1.54, 1.807) is 6.07 Å². The highest BCUT2D eigenvalue weighted by molar-refractivity contribution is 6.33. The van der Waals surface area contributed by atoms with E-state index in [0.717, 1.165) is 0 Å². The second kappa shape index (κ2) is 3.82. The topological polar surface area (TPSA) is 51.8 Å². The van der Waals surface area contributed by atoms with Crippen LogP contribution >= 0.6 is 11.6 Å². The molecule has 0 saturated heterocycles. The third-order valence-corrected chi connectivity index (χ3v) is 2.17. The lowest BCUT2D eigenvalue weighted by Crippen LogP contribution is -1.94. The first-order valence-corrected chi connectivity index (χ1v) is 4.57. The molecule has 1 aromatic carbocycles. The van der Waals surface area contributed by atoms with E-state index in [4.69, 9.17) is 17.3 Å². The molecule has 0 amide bonds. The van der Waals surface area contributed by atoms with Crippen LogP contribution in [0.4, 0.5) is 10.2 Å². The maximum absolute atomic E-state index is 12.8. The Morgan fingerprint density at radius 2 is 2.07 bits per heavy atom. The molecular weight excluding hydrogens is 217 g/mol. The maximum atomic E-state index is 12.8. The molecule has 0 aliphatic heterocycles. The third-order valence-electron chi connectivity index (χ3n) is 1.86. The molecule has 0 saturated carbocycles. The molecule has 1 heterocycles. The third kappa shape index (κ3) is 2.05. The first-order chi connectivity index (χ1) is 7.16. The summed E-state index contributed by atoms with van der Waals surface area (Å²) in [6.07, 6.45) is 2.95. The number of anilines is 1.